The lowest BCUT2D eigenvalue weighted by Gasteiger charge is -2.35. The van der Waals surface area contributed by atoms with Crippen LogP contribution in [0.5, 0.6) is 0 Å². The summed E-state index contributed by atoms with van der Waals surface area (Å²) in [5, 5.41) is 21.8. The van der Waals surface area contributed by atoms with Gasteiger partial charge >= 0.3 is 6.09 Å². The summed E-state index contributed by atoms with van der Waals surface area (Å²) in [6.45, 7) is 27.3. The number of nitrogens with one attached hydrogen (secondary N) is 4. The topological polar surface area (TPSA) is 406 Å². The molecule has 2 aliphatic rings. The molecule has 1 aromatic carbocycles. The smallest absolute Gasteiger partial charge is 0.410 e. The molecule has 0 spiro atoms. The Morgan fingerprint density at radius 1 is 0.558 bits per heavy atom. The number of halogens is 1. The second kappa shape index (κ2) is 63.6. The van der Waals surface area contributed by atoms with E-state index in [0.29, 0.717) is 312 Å². The minimum absolute atomic E-state index is 0.0222. The summed E-state index contributed by atoms with van der Waals surface area (Å²) in [6, 6.07) is 5.96. The molecule has 4 aromatic rings. The molecule has 2 fully saturated rings. The maximum Gasteiger partial charge on any atom is 0.410 e. The summed E-state index contributed by atoms with van der Waals surface area (Å²) in [7, 11) is -2.03. The Hall–Kier alpha value is -6.30. The largest absolute Gasteiger partial charge is 0.444 e. The van der Waals surface area contributed by atoms with Crippen LogP contribution in [0.15, 0.2) is 36.7 Å². The number of unbranched alkanes of at least 4 members (excludes halogenated alkanes) is 1. The van der Waals surface area contributed by atoms with Gasteiger partial charge in [0.15, 0.2) is 5.65 Å². The SMILES string of the molecule is COCCOCCOCCOCCOCCOCCOCCOCCOCCOCCOCCOCCNC(=O)CNCC(=O)NCCn1cc(COCCOCCOCCOCCOCCOCCOCCCCN(C(=O)OC(C)(C)C)[C@H]2CCN(c3nc4cc([C@@H]5CCCCN5C(=O)c5cc(Cl)ccc5NS(C)(=O)=O)nn4cc3C)C2)nn1. The fourth-order valence-corrected chi connectivity index (χ4v) is 12.7. The van der Waals surface area contributed by atoms with Crippen molar-refractivity contribution in [2.75, 3.05) is 313 Å². The van der Waals surface area contributed by atoms with Crippen LogP contribution >= 0.6 is 11.6 Å². The van der Waals surface area contributed by atoms with Gasteiger partial charge in [-0.1, -0.05) is 16.8 Å². The monoisotopic (exact) mass is 1750 g/mol. The lowest BCUT2D eigenvalue weighted by Crippen LogP contribution is -2.45. The van der Waals surface area contributed by atoms with Gasteiger partial charge in [0.25, 0.3) is 5.91 Å². The first-order valence-corrected chi connectivity index (χ1v) is 43.9. The van der Waals surface area contributed by atoms with Crippen molar-refractivity contribution in [2.24, 2.45) is 0 Å². The number of carbonyl (C=O) groups excluding carboxylic acids is 4. The van der Waals surface area contributed by atoms with Crippen LogP contribution in [0.2, 0.25) is 5.02 Å². The quantitative estimate of drug-likeness (QED) is 0.0459. The van der Waals surface area contributed by atoms with Gasteiger partial charge in [0, 0.05) is 75.8 Å². The molecule has 2 aliphatic heterocycles. The maximum atomic E-state index is 14.2. The van der Waals surface area contributed by atoms with E-state index in [-0.39, 0.29) is 66.8 Å². The van der Waals surface area contributed by atoms with Gasteiger partial charge < -0.3 is 120 Å². The molecule has 0 radical (unpaired) electrons. The van der Waals surface area contributed by atoms with Crippen LogP contribution in [0, 0.1) is 6.92 Å². The van der Waals surface area contributed by atoms with Crippen molar-refractivity contribution < 1.29 is 122 Å². The van der Waals surface area contributed by atoms with E-state index in [1.807, 2.05) is 44.9 Å². The average molecular weight is 1750 g/mol. The molecule has 41 heteroatoms. The minimum Gasteiger partial charge on any atom is -0.444 e. The van der Waals surface area contributed by atoms with Crippen LogP contribution < -0.4 is 25.6 Å². The molecule has 4 N–H and O–H groups in total. The van der Waals surface area contributed by atoms with Crippen molar-refractivity contribution in [1.82, 2.24) is 55.3 Å². The molecule has 2 saturated heterocycles. The van der Waals surface area contributed by atoms with E-state index in [2.05, 4.69) is 35.9 Å². The number of piperidine rings is 1. The third kappa shape index (κ3) is 47.0. The molecular weight excluding hydrogens is 1610 g/mol. The number of benzene rings is 1. The molecule has 684 valence electrons. The molecule has 120 heavy (non-hydrogen) atoms. The molecule has 0 aliphatic carbocycles. The molecule has 3 aromatic heterocycles. The number of aromatic nitrogens is 6. The van der Waals surface area contributed by atoms with Crippen molar-refractivity contribution >= 4 is 62.6 Å². The molecule has 0 saturated carbocycles. The summed E-state index contributed by atoms with van der Waals surface area (Å²) < 4.78 is 141. The van der Waals surface area contributed by atoms with Crippen molar-refractivity contribution in [3.05, 3.63) is 64.2 Å². The summed E-state index contributed by atoms with van der Waals surface area (Å²) in [6.07, 6.45) is 8.90. The highest BCUT2D eigenvalue weighted by Crippen LogP contribution is 2.35. The highest BCUT2D eigenvalue weighted by Gasteiger charge is 2.36. The number of hydrogen-bond donors (Lipinski definition) is 4. The Morgan fingerprint density at radius 2 is 1.02 bits per heavy atom. The zero-order valence-corrected chi connectivity index (χ0v) is 72.9. The second-order valence-electron chi connectivity index (χ2n) is 28.7. The first-order valence-electron chi connectivity index (χ1n) is 41.6. The van der Waals surface area contributed by atoms with E-state index >= 15 is 0 Å². The summed E-state index contributed by atoms with van der Waals surface area (Å²) in [4.78, 5) is 63.3. The first-order chi connectivity index (χ1) is 58.4. The number of fused-ring (bicyclic) bond motifs is 1. The summed E-state index contributed by atoms with van der Waals surface area (Å²) in [5.74, 6) is -0.0708. The number of likely N-dealkylation sites (tertiary alicyclic amines) is 1. The Labute approximate surface area is 711 Å². The molecule has 39 nitrogen and oxygen atoms in total. The van der Waals surface area contributed by atoms with Gasteiger partial charge in [-0.05, 0) is 84.4 Å². The number of carbonyl (C=O) groups is 4. The number of anilines is 2. The Kier molecular flexibility index (Phi) is 54.3. The van der Waals surface area contributed by atoms with Gasteiger partial charge in [0.2, 0.25) is 21.8 Å². The van der Waals surface area contributed by atoms with E-state index < -0.39 is 15.6 Å². The van der Waals surface area contributed by atoms with Crippen LogP contribution in [0.4, 0.5) is 16.3 Å². The normalized spacial score (nSPS) is 14.6. The number of methoxy groups -OCH3 is 1. The minimum atomic E-state index is -3.67. The van der Waals surface area contributed by atoms with Crippen LogP contribution in [0.3, 0.4) is 0 Å². The van der Waals surface area contributed by atoms with Gasteiger partial charge in [0.05, 0.1) is 299 Å². The van der Waals surface area contributed by atoms with E-state index in [1.165, 1.54) is 12.1 Å². The fourth-order valence-electron chi connectivity index (χ4n) is 12.0. The molecule has 0 unspecified atom stereocenters. The number of amides is 4. The molecule has 5 heterocycles. The van der Waals surface area contributed by atoms with Crippen LogP contribution in [-0.4, -0.2) is 387 Å². The summed E-state index contributed by atoms with van der Waals surface area (Å²) in [5.41, 5.74) is 2.51. The van der Waals surface area contributed by atoms with Crippen molar-refractivity contribution in [2.45, 2.75) is 97.1 Å². The van der Waals surface area contributed by atoms with E-state index in [9.17, 15) is 27.6 Å². The number of ether oxygens (including phenoxy) is 20. The number of nitrogens with zero attached hydrogens (tertiary/aromatic N) is 9. The van der Waals surface area contributed by atoms with Crippen molar-refractivity contribution in [1.29, 1.82) is 0 Å². The standard InChI is InChI=1S/C79H134ClN13O26S/c1-65-61-93-73(58-71(86-93)72-11-7-8-18-92(72)77(96)69-57-66(80)12-13-70(69)87-120(6,98)99)84-76(65)89-19-14-68(63-89)91(78(97)119-79(2,3)4)17-9-10-21-101-25-27-104-31-33-107-37-39-115-51-52-116-53-54-117-55-56-118-64-67-62-90(88-85-67)20-15-82-74(94)59-81-60-75(95)83-16-22-102-26-28-105-32-34-108-38-40-110-43-44-112-47-48-114-50-49-113-46-45-111-42-41-109-36-35-106-30-29-103-24-23-100-5/h12-13,57-58,61-62,68,72,81,87H,7-11,14-56,59-60,63-64H2,1-6H3,(H,82,94)(H,83,95)/t68-,72-/m0/s1. The lowest BCUT2D eigenvalue weighted by atomic mass is 9.98. The molecule has 2 atom stereocenters. The average Bonchev–Trinajstić information content (AvgIpc) is 1.61. The van der Waals surface area contributed by atoms with Crippen LogP contribution in [0.25, 0.3) is 5.65 Å². The lowest BCUT2D eigenvalue weighted by molar-refractivity contribution is -0.121. The fraction of sp³-hybridized carbons (Fsp3) is 0.772. The molecule has 6 rings (SSSR count). The number of sulfonamides is 1. The van der Waals surface area contributed by atoms with Crippen LogP contribution in [-0.2, 0) is 128 Å². The predicted molar refractivity (Wildman–Crippen MR) is 442 cm³/mol. The number of hydrogen-bond acceptors (Lipinski definition) is 32. The predicted octanol–water partition coefficient (Wildman–Crippen LogP) is 3.58. The van der Waals surface area contributed by atoms with Gasteiger partial charge in [-0.2, -0.15) is 5.10 Å². The van der Waals surface area contributed by atoms with Crippen LogP contribution in [0.1, 0.15) is 92.6 Å². The Bertz CT molecular complexity index is 3500. The number of rotatable bonds is 74. The molecule has 0 bridgehead atoms. The molecular formula is C79H134ClN13O26S. The van der Waals surface area contributed by atoms with Crippen molar-refractivity contribution in [3.63, 3.8) is 0 Å². The Balaban J connectivity index is 0.640. The maximum absolute atomic E-state index is 14.2. The zero-order valence-electron chi connectivity index (χ0n) is 71.3. The van der Waals surface area contributed by atoms with E-state index in [0.717, 1.165) is 49.7 Å². The Morgan fingerprint density at radius 3 is 1.51 bits per heavy atom. The highest BCUT2D eigenvalue weighted by molar-refractivity contribution is 7.92. The zero-order chi connectivity index (χ0) is 85.8. The third-order valence-electron chi connectivity index (χ3n) is 17.7. The van der Waals surface area contributed by atoms with E-state index in [4.69, 9.17) is 116 Å². The van der Waals surface area contributed by atoms with Gasteiger partial charge in [-0.25, -0.2) is 22.7 Å². The van der Waals surface area contributed by atoms with Gasteiger partial charge in [-0.15, -0.1) is 5.10 Å². The first kappa shape index (κ1) is 102. The van der Waals surface area contributed by atoms with E-state index in [1.54, 1.807) is 33.5 Å². The van der Waals surface area contributed by atoms with Gasteiger partial charge in [-0.3, -0.25) is 29.1 Å². The highest BCUT2D eigenvalue weighted by atomic mass is 35.5. The second-order valence-corrected chi connectivity index (χ2v) is 30.9. The van der Waals surface area contributed by atoms with Crippen molar-refractivity contribution in [3.8, 4) is 0 Å². The van der Waals surface area contributed by atoms with Gasteiger partial charge in [0.1, 0.15) is 17.1 Å². The molecule has 4 amide bonds. The third-order valence-corrected chi connectivity index (χ3v) is 18.6. The summed E-state index contributed by atoms with van der Waals surface area (Å²) >= 11 is 6.32. The number of aryl methyl sites for hydroxylation is 1.